The number of benzene rings is 1. The summed E-state index contributed by atoms with van der Waals surface area (Å²) in [5.41, 5.74) is 8.20. The number of hydrogen-bond donors (Lipinski definition) is 2. The largest absolute Gasteiger partial charge is 0.397 e. The number of unbranched alkanes of at least 4 members (excludes halogenated alkanes) is 1. The maximum atomic E-state index is 11.9. The smallest absolute Gasteiger partial charge is 0.389 e. The summed E-state index contributed by atoms with van der Waals surface area (Å²) in [4.78, 5) is 0. The summed E-state index contributed by atoms with van der Waals surface area (Å²) in [6.07, 6.45) is -4.16. The molecule has 0 spiro atoms. The first kappa shape index (κ1) is 13.7. The molecular formula is C12H17F3N2. The van der Waals surface area contributed by atoms with Crippen LogP contribution in [0.25, 0.3) is 0 Å². The summed E-state index contributed by atoms with van der Waals surface area (Å²) < 4.78 is 35.6. The number of anilines is 2. The average Bonchev–Trinajstić information content (AvgIpc) is 2.21. The molecule has 5 heteroatoms. The SMILES string of the molecule is Cc1ccc(N)c(NCCCCC(F)(F)F)c1. The van der Waals surface area contributed by atoms with Crippen LogP contribution in [0, 0.1) is 6.92 Å². The molecule has 2 nitrogen and oxygen atoms in total. The van der Waals surface area contributed by atoms with Gasteiger partial charge in [-0.1, -0.05) is 6.07 Å². The molecule has 1 rings (SSSR count). The molecule has 96 valence electrons. The highest BCUT2D eigenvalue weighted by Crippen LogP contribution is 2.23. The quantitative estimate of drug-likeness (QED) is 0.613. The minimum absolute atomic E-state index is 0.141. The zero-order valence-corrected chi connectivity index (χ0v) is 9.77. The fraction of sp³-hybridized carbons (Fsp3) is 0.500. The zero-order chi connectivity index (χ0) is 12.9. The van der Waals surface area contributed by atoms with Gasteiger partial charge in [0.1, 0.15) is 0 Å². The molecular weight excluding hydrogens is 229 g/mol. The average molecular weight is 246 g/mol. The van der Waals surface area contributed by atoms with Crippen LogP contribution in [0.15, 0.2) is 18.2 Å². The number of aryl methyl sites for hydroxylation is 1. The molecule has 0 saturated carbocycles. The van der Waals surface area contributed by atoms with Crippen molar-refractivity contribution in [2.75, 3.05) is 17.6 Å². The molecule has 1 aromatic carbocycles. The van der Waals surface area contributed by atoms with Gasteiger partial charge >= 0.3 is 6.18 Å². The highest BCUT2D eigenvalue weighted by molar-refractivity contribution is 5.66. The van der Waals surface area contributed by atoms with E-state index in [4.69, 9.17) is 5.73 Å². The van der Waals surface area contributed by atoms with E-state index in [-0.39, 0.29) is 6.42 Å². The summed E-state index contributed by atoms with van der Waals surface area (Å²) in [5, 5.41) is 3.05. The van der Waals surface area contributed by atoms with Crippen LogP contribution in [0.4, 0.5) is 24.5 Å². The fourth-order valence-electron chi connectivity index (χ4n) is 1.50. The molecule has 0 heterocycles. The van der Waals surface area contributed by atoms with Gasteiger partial charge in [0.15, 0.2) is 0 Å². The predicted octanol–water partition coefficient (Wildman–Crippen LogP) is 3.72. The van der Waals surface area contributed by atoms with Crippen molar-refractivity contribution in [3.8, 4) is 0 Å². The molecule has 0 bridgehead atoms. The van der Waals surface area contributed by atoms with Crippen molar-refractivity contribution in [1.82, 2.24) is 0 Å². The van der Waals surface area contributed by atoms with Crippen LogP contribution in [0.5, 0.6) is 0 Å². The lowest BCUT2D eigenvalue weighted by Gasteiger charge is -2.10. The van der Waals surface area contributed by atoms with Crippen LogP contribution in [-0.2, 0) is 0 Å². The summed E-state index contributed by atoms with van der Waals surface area (Å²) >= 11 is 0. The lowest BCUT2D eigenvalue weighted by molar-refractivity contribution is -0.135. The Hall–Kier alpha value is -1.39. The first-order valence-electron chi connectivity index (χ1n) is 5.55. The molecule has 17 heavy (non-hydrogen) atoms. The van der Waals surface area contributed by atoms with E-state index in [0.29, 0.717) is 18.7 Å². The van der Waals surface area contributed by atoms with Crippen molar-refractivity contribution in [3.63, 3.8) is 0 Å². The van der Waals surface area contributed by atoms with E-state index in [9.17, 15) is 13.2 Å². The molecule has 0 atom stereocenters. The molecule has 0 aliphatic heterocycles. The van der Waals surface area contributed by atoms with E-state index in [1.54, 1.807) is 6.07 Å². The highest BCUT2D eigenvalue weighted by Gasteiger charge is 2.25. The van der Waals surface area contributed by atoms with Crippen LogP contribution >= 0.6 is 0 Å². The van der Waals surface area contributed by atoms with Crippen molar-refractivity contribution in [2.24, 2.45) is 0 Å². The number of nitrogen functional groups attached to an aromatic ring is 1. The second-order valence-corrected chi connectivity index (χ2v) is 4.09. The van der Waals surface area contributed by atoms with Crippen LogP contribution in [0.3, 0.4) is 0 Å². The van der Waals surface area contributed by atoms with Crippen LogP contribution < -0.4 is 11.1 Å². The number of rotatable bonds is 5. The Balaban J connectivity index is 2.29. The maximum Gasteiger partial charge on any atom is 0.389 e. The first-order valence-corrected chi connectivity index (χ1v) is 5.55. The number of nitrogens with one attached hydrogen (secondary N) is 1. The number of halogens is 3. The molecule has 0 saturated heterocycles. The summed E-state index contributed by atoms with van der Waals surface area (Å²) in [5.74, 6) is 0. The molecule has 3 N–H and O–H groups in total. The second kappa shape index (κ2) is 5.80. The van der Waals surface area contributed by atoms with Crippen LogP contribution in [0.1, 0.15) is 24.8 Å². The van der Waals surface area contributed by atoms with Gasteiger partial charge in [-0.2, -0.15) is 13.2 Å². The third-order valence-corrected chi connectivity index (χ3v) is 2.41. The molecule has 0 radical (unpaired) electrons. The van der Waals surface area contributed by atoms with Gasteiger partial charge in [0.25, 0.3) is 0 Å². The van der Waals surface area contributed by atoms with Crippen molar-refractivity contribution < 1.29 is 13.2 Å². The Bertz CT molecular complexity index is 361. The second-order valence-electron chi connectivity index (χ2n) is 4.09. The van der Waals surface area contributed by atoms with Crippen LogP contribution in [0.2, 0.25) is 0 Å². The Morgan fingerprint density at radius 1 is 1.24 bits per heavy atom. The third kappa shape index (κ3) is 5.47. The minimum Gasteiger partial charge on any atom is -0.397 e. The van der Waals surface area contributed by atoms with Crippen molar-refractivity contribution in [1.29, 1.82) is 0 Å². The normalized spacial score (nSPS) is 11.5. The summed E-state index contributed by atoms with van der Waals surface area (Å²) in [7, 11) is 0. The molecule has 1 aromatic rings. The lowest BCUT2D eigenvalue weighted by Crippen LogP contribution is -2.09. The van der Waals surface area contributed by atoms with E-state index in [1.165, 1.54) is 0 Å². The Kier molecular flexibility index (Phi) is 4.66. The Labute approximate surface area is 99.0 Å². The van der Waals surface area contributed by atoms with Gasteiger partial charge in [-0.15, -0.1) is 0 Å². The molecule has 0 aliphatic carbocycles. The van der Waals surface area contributed by atoms with Crippen molar-refractivity contribution >= 4 is 11.4 Å². The predicted molar refractivity (Wildman–Crippen MR) is 64.0 cm³/mol. The van der Waals surface area contributed by atoms with Crippen LogP contribution in [-0.4, -0.2) is 12.7 Å². The van der Waals surface area contributed by atoms with Gasteiger partial charge in [-0.3, -0.25) is 0 Å². The Morgan fingerprint density at radius 3 is 2.59 bits per heavy atom. The maximum absolute atomic E-state index is 11.9. The van der Waals surface area contributed by atoms with E-state index in [1.807, 2.05) is 19.1 Å². The van der Waals surface area contributed by atoms with Gasteiger partial charge in [-0.25, -0.2) is 0 Å². The topological polar surface area (TPSA) is 38.0 Å². The number of alkyl halides is 3. The van der Waals surface area contributed by atoms with Crippen molar-refractivity contribution in [2.45, 2.75) is 32.4 Å². The molecule has 0 aromatic heterocycles. The number of nitrogens with two attached hydrogens (primary N) is 1. The molecule has 0 unspecified atom stereocenters. The van der Waals surface area contributed by atoms with Gasteiger partial charge in [0, 0.05) is 13.0 Å². The van der Waals surface area contributed by atoms with Gasteiger partial charge in [0.05, 0.1) is 11.4 Å². The molecule has 0 amide bonds. The zero-order valence-electron chi connectivity index (χ0n) is 9.77. The summed E-state index contributed by atoms with van der Waals surface area (Å²) in [6, 6.07) is 5.57. The molecule has 0 fully saturated rings. The van der Waals surface area contributed by atoms with Gasteiger partial charge in [-0.05, 0) is 37.5 Å². The van der Waals surface area contributed by atoms with E-state index < -0.39 is 12.6 Å². The van der Waals surface area contributed by atoms with E-state index in [0.717, 1.165) is 11.3 Å². The van der Waals surface area contributed by atoms with Crippen molar-refractivity contribution in [3.05, 3.63) is 23.8 Å². The summed E-state index contributed by atoms with van der Waals surface area (Å²) in [6.45, 7) is 2.44. The fourth-order valence-corrected chi connectivity index (χ4v) is 1.50. The lowest BCUT2D eigenvalue weighted by atomic mass is 10.2. The Morgan fingerprint density at radius 2 is 1.94 bits per heavy atom. The van der Waals surface area contributed by atoms with Gasteiger partial charge in [0.2, 0.25) is 0 Å². The molecule has 0 aliphatic rings. The number of hydrogen-bond acceptors (Lipinski definition) is 2. The minimum atomic E-state index is -4.05. The van der Waals surface area contributed by atoms with Gasteiger partial charge < -0.3 is 11.1 Å². The monoisotopic (exact) mass is 246 g/mol. The van der Waals surface area contributed by atoms with E-state index in [2.05, 4.69) is 5.32 Å². The van der Waals surface area contributed by atoms with E-state index >= 15 is 0 Å². The first-order chi connectivity index (χ1) is 7.88. The highest BCUT2D eigenvalue weighted by atomic mass is 19.4. The third-order valence-electron chi connectivity index (χ3n) is 2.41. The standard InChI is InChI=1S/C12H17F3N2/c1-9-4-5-10(16)11(8-9)17-7-3-2-6-12(13,14)15/h4-5,8,17H,2-3,6-7,16H2,1H3.